The van der Waals surface area contributed by atoms with Crippen molar-refractivity contribution >= 4 is 27.3 Å². The van der Waals surface area contributed by atoms with E-state index in [1.54, 1.807) is 4.40 Å². The molecular weight excluding hydrogens is 306 g/mol. The molecule has 3 aromatic heterocycles. The summed E-state index contributed by atoms with van der Waals surface area (Å²) in [7, 11) is 0. The highest BCUT2D eigenvalue weighted by Gasteiger charge is 2.16. The van der Waals surface area contributed by atoms with Crippen LogP contribution in [0.4, 0.5) is 0 Å². The molecule has 0 atom stereocenters. The molecule has 0 saturated heterocycles. The van der Waals surface area contributed by atoms with Crippen LogP contribution in [0.25, 0.3) is 38.6 Å². The van der Waals surface area contributed by atoms with Gasteiger partial charge in [0.1, 0.15) is 5.65 Å². The van der Waals surface area contributed by atoms with Crippen LogP contribution in [-0.4, -0.2) is 14.4 Å². The van der Waals surface area contributed by atoms with Crippen LogP contribution in [0.3, 0.4) is 0 Å². The Morgan fingerprint density at radius 2 is 1.76 bits per heavy atom. The Morgan fingerprint density at radius 3 is 2.60 bits per heavy atom. The quantitative estimate of drug-likeness (QED) is 0.389. The van der Waals surface area contributed by atoms with Crippen molar-refractivity contribution in [3.05, 3.63) is 78.1 Å². The molecule has 2 aromatic carbocycles. The topological polar surface area (TPSA) is 30.2 Å². The third-order valence-corrected chi connectivity index (χ3v) is 4.52. The van der Waals surface area contributed by atoms with E-state index < -0.39 is 6.17 Å². The third kappa shape index (κ3) is 1.92. The first-order chi connectivity index (χ1) is 15.1. The number of imidazole rings is 1. The van der Waals surface area contributed by atoms with Crippen molar-refractivity contribution in [1.82, 2.24) is 14.4 Å². The smallest absolute Gasteiger partial charge is 0.145 e. The van der Waals surface area contributed by atoms with Gasteiger partial charge in [0, 0.05) is 28.7 Å². The first kappa shape index (κ1) is 8.77. The van der Waals surface area contributed by atoms with Gasteiger partial charge in [0.25, 0.3) is 0 Å². The summed E-state index contributed by atoms with van der Waals surface area (Å²) in [6.07, 6.45) is -0.754. The first-order valence-electron chi connectivity index (χ1n) is 11.4. The first-order valence-corrected chi connectivity index (χ1v) is 7.89. The number of fused-ring (bicyclic) bond motifs is 6. The normalized spacial score (nSPS) is 15.5. The molecule has 0 amide bonds. The van der Waals surface area contributed by atoms with Gasteiger partial charge in [-0.15, -0.1) is 0 Å². The molecule has 3 heterocycles. The lowest BCUT2D eigenvalue weighted by atomic mass is 10.00. The van der Waals surface area contributed by atoms with Gasteiger partial charge in [0.2, 0.25) is 0 Å². The second kappa shape index (κ2) is 5.15. The number of aromatic nitrogens is 3. The number of hydrogen-bond donors (Lipinski definition) is 0. The zero-order valence-corrected chi connectivity index (χ0v) is 13.7. The molecule has 0 unspecified atom stereocenters. The van der Waals surface area contributed by atoms with Gasteiger partial charge < -0.3 is 0 Å². The fourth-order valence-electron chi connectivity index (χ4n) is 3.41. The van der Waals surface area contributed by atoms with Gasteiger partial charge in [-0.1, -0.05) is 42.4 Å². The lowest BCUT2D eigenvalue weighted by molar-refractivity contribution is 1.23. The lowest BCUT2D eigenvalue weighted by Gasteiger charge is -2.13. The number of pyridine rings is 2. The Bertz CT molecular complexity index is 1600. The van der Waals surface area contributed by atoms with Gasteiger partial charge in [-0.25, -0.2) is 4.98 Å². The highest BCUT2D eigenvalue weighted by Crippen LogP contribution is 2.34. The maximum Gasteiger partial charge on any atom is 0.145 e. The van der Waals surface area contributed by atoms with E-state index in [4.69, 9.17) is 9.60 Å². The lowest BCUT2D eigenvalue weighted by Crippen LogP contribution is -1.96. The van der Waals surface area contributed by atoms with Gasteiger partial charge in [0.15, 0.2) is 0 Å². The summed E-state index contributed by atoms with van der Waals surface area (Å²) < 4.78 is 60.1. The fourth-order valence-corrected chi connectivity index (χ4v) is 3.41. The van der Waals surface area contributed by atoms with Crippen molar-refractivity contribution in [3.63, 3.8) is 0 Å². The van der Waals surface area contributed by atoms with Crippen LogP contribution >= 0.6 is 0 Å². The minimum absolute atomic E-state index is 0.0570. The average molecular weight is 330 g/mol. The zero-order valence-electron chi connectivity index (χ0n) is 20.7. The molecule has 0 aliphatic heterocycles. The average Bonchev–Trinajstić information content (AvgIpc) is 3.06. The molecule has 0 fully saturated rings. The number of rotatable bonds is 1. The molecule has 0 aliphatic carbocycles. The Morgan fingerprint density at radius 1 is 0.920 bits per heavy atom. The standard InChI is InChI=1S/C22H17N3/c1-14-6-5-7-15(2)21(14)20-13-24-22-17-9-4-3-8-16(17)18-12-23-11-10-19(18)25(20)22/h3-13H,1-2H3/i3D,4D,8D,10D,11D,12D,13D. The Balaban J connectivity index is 2.21. The summed E-state index contributed by atoms with van der Waals surface area (Å²) >= 11 is 0. The van der Waals surface area contributed by atoms with Crippen molar-refractivity contribution in [1.29, 1.82) is 0 Å². The van der Waals surface area contributed by atoms with E-state index in [1.807, 2.05) is 32.0 Å². The van der Waals surface area contributed by atoms with E-state index in [-0.39, 0.29) is 58.5 Å². The van der Waals surface area contributed by atoms with Crippen LogP contribution in [0.2, 0.25) is 0 Å². The van der Waals surface area contributed by atoms with Crippen molar-refractivity contribution in [2.45, 2.75) is 13.8 Å². The molecule has 5 rings (SSSR count). The van der Waals surface area contributed by atoms with Crippen molar-refractivity contribution in [2.75, 3.05) is 0 Å². The maximum atomic E-state index is 8.67. The summed E-state index contributed by atoms with van der Waals surface area (Å²) in [6, 6.07) is 6.14. The highest BCUT2D eigenvalue weighted by atomic mass is 15.0. The Kier molecular flexibility index (Phi) is 1.81. The molecule has 0 spiro atoms. The number of nitrogens with zero attached hydrogens (tertiary/aromatic N) is 3. The van der Waals surface area contributed by atoms with E-state index in [2.05, 4.69) is 9.97 Å². The van der Waals surface area contributed by atoms with Crippen LogP contribution in [0.15, 0.2) is 67.0 Å². The summed E-state index contributed by atoms with van der Waals surface area (Å²) in [6.45, 7) is 3.82. The van der Waals surface area contributed by atoms with Crippen molar-refractivity contribution in [2.24, 2.45) is 0 Å². The predicted octanol–water partition coefficient (Wildman–Crippen LogP) is 5.32. The van der Waals surface area contributed by atoms with Crippen LogP contribution < -0.4 is 0 Å². The second-order valence-electron chi connectivity index (χ2n) is 6.01. The molecule has 0 N–H and O–H groups in total. The molecule has 3 nitrogen and oxygen atoms in total. The van der Waals surface area contributed by atoms with Gasteiger partial charge in [0.05, 0.1) is 27.0 Å². The third-order valence-electron chi connectivity index (χ3n) is 4.52. The summed E-state index contributed by atoms with van der Waals surface area (Å²) in [5.41, 5.74) is 3.36. The molecule has 0 bridgehead atoms. The predicted molar refractivity (Wildman–Crippen MR) is 103 cm³/mol. The zero-order chi connectivity index (χ0) is 23.1. The molecule has 3 heteroatoms. The number of benzene rings is 2. The Hall–Kier alpha value is -3.20. The van der Waals surface area contributed by atoms with Crippen LogP contribution in [0.1, 0.15) is 20.7 Å². The van der Waals surface area contributed by atoms with Gasteiger partial charge in [-0.05, 0) is 36.4 Å². The van der Waals surface area contributed by atoms with E-state index in [9.17, 15) is 0 Å². The molecule has 5 aromatic rings. The van der Waals surface area contributed by atoms with E-state index in [0.29, 0.717) is 11.1 Å². The summed E-state index contributed by atoms with van der Waals surface area (Å²) in [5.74, 6) is 0. The maximum absolute atomic E-state index is 8.67. The van der Waals surface area contributed by atoms with E-state index >= 15 is 0 Å². The minimum atomic E-state index is -0.398. The van der Waals surface area contributed by atoms with Gasteiger partial charge >= 0.3 is 0 Å². The van der Waals surface area contributed by atoms with Crippen LogP contribution in [0, 0.1) is 13.8 Å². The fraction of sp³-hybridized carbons (Fsp3) is 0.0909. The van der Waals surface area contributed by atoms with Gasteiger partial charge in [-0.2, -0.15) is 0 Å². The minimum Gasteiger partial charge on any atom is -0.292 e. The van der Waals surface area contributed by atoms with Crippen molar-refractivity contribution in [3.8, 4) is 11.3 Å². The molecule has 0 radical (unpaired) electrons. The summed E-state index contributed by atoms with van der Waals surface area (Å²) in [5, 5.41) is 0.649. The molecule has 0 saturated carbocycles. The van der Waals surface area contributed by atoms with E-state index in [0.717, 1.165) is 16.7 Å². The largest absolute Gasteiger partial charge is 0.292 e. The summed E-state index contributed by atoms with van der Waals surface area (Å²) in [4.78, 5) is 8.31. The second-order valence-corrected chi connectivity index (χ2v) is 6.01. The van der Waals surface area contributed by atoms with E-state index in [1.165, 1.54) is 6.07 Å². The molecule has 25 heavy (non-hydrogen) atoms. The highest BCUT2D eigenvalue weighted by molar-refractivity contribution is 6.12. The Labute approximate surface area is 155 Å². The monoisotopic (exact) mass is 330 g/mol. The number of aryl methyl sites for hydroxylation is 2. The SMILES string of the molecule is [2H]c1cc2c(c([2H])c1[2H])c1c([2H])nc([2H])c([2H])c1n1c(-c3c(C)cccc3C)c([2H])nc21. The van der Waals surface area contributed by atoms with Crippen LogP contribution in [0.5, 0.6) is 0 Å². The molecule has 0 aliphatic rings. The van der Waals surface area contributed by atoms with Gasteiger partial charge in [-0.3, -0.25) is 9.38 Å². The van der Waals surface area contributed by atoms with Crippen molar-refractivity contribution < 1.29 is 9.60 Å². The van der Waals surface area contributed by atoms with Crippen LogP contribution in [-0.2, 0) is 0 Å². The number of hydrogen-bond acceptors (Lipinski definition) is 2. The molecule has 120 valence electrons. The molecular formula is C22H17N3.